The second-order valence-corrected chi connectivity index (χ2v) is 7.44. The van der Waals surface area contributed by atoms with Gasteiger partial charge in [-0.25, -0.2) is 0 Å². The molecule has 1 fully saturated rings. The fourth-order valence-corrected chi connectivity index (χ4v) is 2.54. The molecular formula is C22H22O4. The highest BCUT2D eigenvalue weighted by Crippen LogP contribution is 2.34. The Kier molecular flexibility index (Phi) is 4.48. The quantitative estimate of drug-likeness (QED) is 0.626. The van der Waals surface area contributed by atoms with Gasteiger partial charge in [-0.2, -0.15) is 0 Å². The average molecular weight is 350 g/mol. The fraction of sp³-hybridized carbons (Fsp3) is 0.364. The van der Waals surface area contributed by atoms with Crippen molar-refractivity contribution in [3.63, 3.8) is 0 Å². The first kappa shape index (κ1) is 16.8. The van der Waals surface area contributed by atoms with Gasteiger partial charge in [0, 0.05) is 16.5 Å². The van der Waals surface area contributed by atoms with Crippen molar-refractivity contribution in [2.75, 3.05) is 26.4 Å². The zero-order valence-electron chi connectivity index (χ0n) is 15.1. The Morgan fingerprint density at radius 3 is 2.35 bits per heavy atom. The van der Waals surface area contributed by atoms with Crippen LogP contribution in [0.1, 0.15) is 25.0 Å². The topological polar surface area (TPSA) is 40.2 Å². The summed E-state index contributed by atoms with van der Waals surface area (Å²) in [5.74, 6) is 8.74. The molecule has 2 heterocycles. The Hall–Kier alpha value is -2.64. The average Bonchev–Trinajstić information content (AvgIpc) is 3.48. The first-order chi connectivity index (χ1) is 12.6. The molecule has 26 heavy (non-hydrogen) atoms. The molecule has 1 saturated heterocycles. The number of hydrogen-bond acceptors (Lipinski definition) is 4. The van der Waals surface area contributed by atoms with Crippen LogP contribution in [-0.4, -0.2) is 32.5 Å². The molecule has 134 valence electrons. The Bertz CT molecular complexity index is 839. The highest BCUT2D eigenvalue weighted by molar-refractivity contribution is 5.51. The molecule has 0 aliphatic carbocycles. The summed E-state index contributed by atoms with van der Waals surface area (Å²) in [6, 6.07) is 13.6. The highest BCUT2D eigenvalue weighted by atomic mass is 16.6. The van der Waals surface area contributed by atoms with E-state index in [0.29, 0.717) is 19.8 Å². The van der Waals surface area contributed by atoms with Gasteiger partial charge in [-0.3, -0.25) is 0 Å². The molecule has 1 atom stereocenters. The second-order valence-electron chi connectivity index (χ2n) is 7.44. The molecule has 2 aliphatic heterocycles. The summed E-state index contributed by atoms with van der Waals surface area (Å²) in [7, 11) is 0. The van der Waals surface area contributed by atoms with Crippen LogP contribution in [0.4, 0.5) is 0 Å². The lowest BCUT2D eigenvalue weighted by Crippen LogP contribution is -2.26. The minimum Gasteiger partial charge on any atom is -0.491 e. The van der Waals surface area contributed by atoms with E-state index < -0.39 is 0 Å². The Morgan fingerprint density at radius 2 is 1.62 bits per heavy atom. The minimum absolute atomic E-state index is 0.000308. The van der Waals surface area contributed by atoms with Crippen LogP contribution in [0.3, 0.4) is 0 Å². The van der Waals surface area contributed by atoms with Crippen LogP contribution in [0.15, 0.2) is 42.5 Å². The molecule has 2 aromatic rings. The number of benzene rings is 2. The summed E-state index contributed by atoms with van der Waals surface area (Å²) >= 11 is 0. The van der Waals surface area contributed by atoms with Gasteiger partial charge in [0.2, 0.25) is 0 Å². The molecule has 0 saturated carbocycles. The SMILES string of the molecule is CC1(C)COc2ccc(C#Cc3ccc(OCC4CO4)cc3)cc2OC1. The standard InChI is InChI=1S/C22H22O4/c1-22(2)14-25-20-10-7-17(11-21(20)26-15-22)4-3-16-5-8-18(9-6-16)23-12-19-13-24-19/h5-11,19H,12-15H2,1-2H3. The lowest BCUT2D eigenvalue weighted by molar-refractivity contribution is 0.140. The third-order valence-corrected chi connectivity index (χ3v) is 4.22. The summed E-state index contributed by atoms with van der Waals surface area (Å²) in [6.07, 6.45) is 0.263. The van der Waals surface area contributed by atoms with Gasteiger partial charge < -0.3 is 18.9 Å². The summed E-state index contributed by atoms with van der Waals surface area (Å²) in [5, 5.41) is 0. The van der Waals surface area contributed by atoms with Crippen LogP contribution >= 0.6 is 0 Å². The zero-order chi connectivity index (χ0) is 18.0. The lowest BCUT2D eigenvalue weighted by atomic mass is 9.97. The van der Waals surface area contributed by atoms with E-state index in [-0.39, 0.29) is 11.5 Å². The maximum atomic E-state index is 5.90. The van der Waals surface area contributed by atoms with Crippen molar-refractivity contribution in [3.05, 3.63) is 53.6 Å². The zero-order valence-corrected chi connectivity index (χ0v) is 15.1. The number of epoxide rings is 1. The van der Waals surface area contributed by atoms with Crippen LogP contribution in [0, 0.1) is 17.3 Å². The molecule has 4 rings (SSSR count). The molecule has 0 amide bonds. The van der Waals surface area contributed by atoms with Gasteiger partial charge >= 0.3 is 0 Å². The van der Waals surface area contributed by atoms with Crippen LogP contribution in [0.25, 0.3) is 0 Å². The number of hydrogen-bond donors (Lipinski definition) is 0. The van der Waals surface area contributed by atoms with Crippen molar-refractivity contribution >= 4 is 0 Å². The molecule has 0 aromatic heterocycles. The van der Waals surface area contributed by atoms with Crippen molar-refractivity contribution < 1.29 is 18.9 Å². The number of fused-ring (bicyclic) bond motifs is 1. The van der Waals surface area contributed by atoms with Crippen molar-refractivity contribution in [3.8, 4) is 29.1 Å². The first-order valence-electron chi connectivity index (χ1n) is 8.84. The third-order valence-electron chi connectivity index (χ3n) is 4.22. The van der Waals surface area contributed by atoms with E-state index in [9.17, 15) is 0 Å². The molecule has 2 aromatic carbocycles. The molecule has 0 N–H and O–H groups in total. The highest BCUT2D eigenvalue weighted by Gasteiger charge is 2.25. The van der Waals surface area contributed by atoms with E-state index >= 15 is 0 Å². The predicted molar refractivity (Wildman–Crippen MR) is 98.9 cm³/mol. The lowest BCUT2D eigenvalue weighted by Gasteiger charge is -2.19. The summed E-state index contributed by atoms with van der Waals surface area (Å²) in [4.78, 5) is 0. The smallest absolute Gasteiger partial charge is 0.162 e. The second kappa shape index (κ2) is 6.93. The Morgan fingerprint density at radius 1 is 0.962 bits per heavy atom. The van der Waals surface area contributed by atoms with E-state index in [4.69, 9.17) is 18.9 Å². The Labute approximate surface area is 154 Å². The van der Waals surface area contributed by atoms with Crippen molar-refractivity contribution in [2.24, 2.45) is 5.41 Å². The number of ether oxygens (including phenoxy) is 4. The molecular weight excluding hydrogens is 328 g/mol. The first-order valence-corrected chi connectivity index (χ1v) is 8.84. The van der Waals surface area contributed by atoms with Gasteiger partial charge in [-0.05, 0) is 42.5 Å². The van der Waals surface area contributed by atoms with Crippen LogP contribution in [0.5, 0.6) is 17.2 Å². The monoisotopic (exact) mass is 350 g/mol. The molecule has 4 nitrogen and oxygen atoms in total. The number of rotatable bonds is 3. The van der Waals surface area contributed by atoms with E-state index in [0.717, 1.165) is 35.0 Å². The molecule has 0 radical (unpaired) electrons. The maximum absolute atomic E-state index is 5.90. The molecule has 1 unspecified atom stereocenters. The van der Waals surface area contributed by atoms with Gasteiger partial charge in [-0.15, -0.1) is 0 Å². The van der Waals surface area contributed by atoms with E-state index in [2.05, 4.69) is 25.7 Å². The molecule has 0 bridgehead atoms. The fourth-order valence-electron chi connectivity index (χ4n) is 2.54. The van der Waals surface area contributed by atoms with E-state index in [1.54, 1.807) is 0 Å². The van der Waals surface area contributed by atoms with Crippen molar-refractivity contribution in [2.45, 2.75) is 20.0 Å². The van der Waals surface area contributed by atoms with Gasteiger partial charge in [0.25, 0.3) is 0 Å². The maximum Gasteiger partial charge on any atom is 0.162 e. The van der Waals surface area contributed by atoms with E-state index in [1.807, 2.05) is 42.5 Å². The Balaban J connectivity index is 1.44. The van der Waals surface area contributed by atoms with Gasteiger partial charge in [0.1, 0.15) is 18.5 Å². The molecule has 0 spiro atoms. The minimum atomic E-state index is 0.000308. The summed E-state index contributed by atoms with van der Waals surface area (Å²) in [5.41, 5.74) is 1.84. The molecule has 2 aliphatic rings. The van der Waals surface area contributed by atoms with Crippen LogP contribution < -0.4 is 14.2 Å². The summed E-state index contributed by atoms with van der Waals surface area (Å²) in [6.45, 7) is 6.95. The molecule has 4 heteroatoms. The van der Waals surface area contributed by atoms with Gasteiger partial charge in [0.05, 0.1) is 19.8 Å². The largest absolute Gasteiger partial charge is 0.491 e. The van der Waals surface area contributed by atoms with Gasteiger partial charge in [-0.1, -0.05) is 25.7 Å². The summed E-state index contributed by atoms with van der Waals surface area (Å²) < 4.78 is 22.5. The van der Waals surface area contributed by atoms with Crippen molar-refractivity contribution in [1.82, 2.24) is 0 Å². The van der Waals surface area contributed by atoms with Crippen LogP contribution in [-0.2, 0) is 4.74 Å². The van der Waals surface area contributed by atoms with E-state index in [1.165, 1.54) is 0 Å². The van der Waals surface area contributed by atoms with Gasteiger partial charge in [0.15, 0.2) is 11.5 Å². The normalized spacial score (nSPS) is 19.7. The van der Waals surface area contributed by atoms with Crippen LogP contribution in [0.2, 0.25) is 0 Å². The predicted octanol–water partition coefficient (Wildman–Crippen LogP) is 3.66. The third kappa shape index (κ3) is 4.30. The van der Waals surface area contributed by atoms with Crippen molar-refractivity contribution in [1.29, 1.82) is 0 Å².